The van der Waals surface area contributed by atoms with Crippen LogP contribution in [0.5, 0.6) is 0 Å². The first-order chi connectivity index (χ1) is 6.96. The average Bonchev–Trinajstić information content (AvgIpc) is 2.10. The van der Waals surface area contributed by atoms with Crippen molar-refractivity contribution in [1.29, 1.82) is 0 Å². The Morgan fingerprint density at radius 3 is 1.80 bits per heavy atom. The Hall–Kier alpha value is 0.0649. The maximum atomic E-state index is 2.51. The van der Waals surface area contributed by atoms with Crippen LogP contribution in [0.15, 0.2) is 0 Å². The zero-order chi connectivity index (χ0) is 11.5. The Kier molecular flexibility index (Phi) is 4.74. The summed E-state index contributed by atoms with van der Waals surface area (Å²) in [5, 5.41) is 0.627. The third kappa shape index (κ3) is 3.54. The molecule has 1 aliphatic carbocycles. The molecule has 15 heavy (non-hydrogen) atoms. The van der Waals surface area contributed by atoms with Gasteiger partial charge in [-0.1, -0.05) is 71.5 Å². The van der Waals surface area contributed by atoms with E-state index in [1.807, 2.05) is 0 Å². The summed E-state index contributed by atoms with van der Waals surface area (Å²) in [5.41, 5.74) is 0. The van der Waals surface area contributed by atoms with Crippen LogP contribution in [0.3, 0.4) is 0 Å². The molecule has 0 aromatic heterocycles. The fourth-order valence-corrected chi connectivity index (χ4v) is 3.05. The fraction of sp³-hybridized carbons (Fsp3) is 1.00. The number of hydrogen-bond donors (Lipinski definition) is 0. The molecule has 1 fully saturated rings. The van der Waals surface area contributed by atoms with Gasteiger partial charge >= 0.3 is 0 Å². The van der Waals surface area contributed by atoms with Crippen LogP contribution < -0.4 is 0 Å². The highest BCUT2D eigenvalue weighted by Crippen LogP contribution is 2.45. The van der Waals surface area contributed by atoms with Gasteiger partial charge in [0.1, 0.15) is 7.85 Å². The molecule has 1 rings (SSSR count). The van der Waals surface area contributed by atoms with E-state index in [4.69, 9.17) is 0 Å². The minimum atomic E-state index is 0.627. The van der Waals surface area contributed by atoms with Crippen molar-refractivity contribution in [2.45, 2.75) is 71.5 Å². The summed E-state index contributed by atoms with van der Waals surface area (Å²) in [6.07, 6.45) is 8.76. The molecule has 0 bridgehead atoms. The van der Waals surface area contributed by atoms with Gasteiger partial charge in [-0.3, -0.25) is 0 Å². The molecule has 0 aliphatic heterocycles. The summed E-state index contributed by atoms with van der Waals surface area (Å²) >= 11 is 0. The molecule has 1 heteroatoms. The van der Waals surface area contributed by atoms with Gasteiger partial charge in [0, 0.05) is 0 Å². The molecule has 0 spiro atoms. The van der Waals surface area contributed by atoms with E-state index >= 15 is 0 Å². The van der Waals surface area contributed by atoms with E-state index in [1.165, 1.54) is 38.5 Å². The zero-order valence-corrected chi connectivity index (χ0v) is 11.5. The number of rotatable bonds is 2. The normalized spacial score (nSPS) is 34.1. The van der Waals surface area contributed by atoms with E-state index in [0.29, 0.717) is 5.31 Å². The minimum absolute atomic E-state index is 0.627. The molecule has 0 heterocycles. The molecule has 0 aromatic rings. The second kappa shape index (κ2) is 5.41. The van der Waals surface area contributed by atoms with Gasteiger partial charge in [0.2, 0.25) is 0 Å². The van der Waals surface area contributed by atoms with Crippen molar-refractivity contribution in [3.05, 3.63) is 0 Å². The first kappa shape index (κ1) is 13.1. The summed E-state index contributed by atoms with van der Waals surface area (Å²) < 4.78 is 0. The van der Waals surface area contributed by atoms with Crippen molar-refractivity contribution in [3.63, 3.8) is 0 Å². The number of hydrogen-bond acceptors (Lipinski definition) is 0. The van der Waals surface area contributed by atoms with E-state index in [1.54, 1.807) is 0 Å². The lowest BCUT2D eigenvalue weighted by Crippen LogP contribution is -2.23. The van der Waals surface area contributed by atoms with Gasteiger partial charge in [0.05, 0.1) is 0 Å². The summed E-state index contributed by atoms with van der Waals surface area (Å²) in [7, 11) is 2.51. The third-order valence-electron chi connectivity index (χ3n) is 4.98. The second-order valence-electron chi connectivity index (χ2n) is 6.60. The molecule has 0 nitrogen and oxygen atoms in total. The molecular formula is C14H29B. The maximum Gasteiger partial charge on any atom is 0.109 e. The van der Waals surface area contributed by atoms with E-state index in [-0.39, 0.29) is 0 Å². The van der Waals surface area contributed by atoms with Crippen LogP contribution in [0.2, 0.25) is 5.31 Å². The largest absolute Gasteiger partial charge is 0.109 e. The van der Waals surface area contributed by atoms with Crippen molar-refractivity contribution in [2.75, 3.05) is 0 Å². The average molecular weight is 208 g/mol. The highest BCUT2D eigenvalue weighted by Gasteiger charge is 2.30. The predicted molar refractivity (Wildman–Crippen MR) is 72.1 cm³/mol. The molecule has 0 amide bonds. The zero-order valence-electron chi connectivity index (χ0n) is 11.5. The van der Waals surface area contributed by atoms with Crippen molar-refractivity contribution < 1.29 is 0 Å². The SMILES string of the molecule is BC1(C(C)C)CCCC(C(C)C)CCC1. The molecule has 0 unspecified atom stereocenters. The Morgan fingerprint density at radius 2 is 1.47 bits per heavy atom. The van der Waals surface area contributed by atoms with Crippen LogP contribution in [0, 0.1) is 17.8 Å². The predicted octanol–water partition coefficient (Wildman–Crippen LogP) is 4.06. The van der Waals surface area contributed by atoms with Gasteiger partial charge in [-0.2, -0.15) is 0 Å². The summed E-state index contributed by atoms with van der Waals surface area (Å²) in [4.78, 5) is 0. The standard InChI is InChI=1S/C14H29B/c1-11(2)13-7-5-9-14(15,12(3)4)10-6-8-13/h11-13H,5-10,15H2,1-4H3. The van der Waals surface area contributed by atoms with Crippen LogP contribution in [0.4, 0.5) is 0 Å². The molecule has 0 N–H and O–H groups in total. The summed E-state index contributed by atoms with van der Waals surface area (Å²) in [5.74, 6) is 2.75. The first-order valence-electron chi connectivity index (χ1n) is 6.96. The summed E-state index contributed by atoms with van der Waals surface area (Å²) in [6.45, 7) is 9.60. The van der Waals surface area contributed by atoms with E-state index in [2.05, 4.69) is 35.5 Å². The molecule has 1 aliphatic rings. The smallest absolute Gasteiger partial charge is 0.0629 e. The lowest BCUT2D eigenvalue weighted by molar-refractivity contribution is 0.246. The molecule has 1 saturated carbocycles. The quantitative estimate of drug-likeness (QED) is 0.600. The fourth-order valence-electron chi connectivity index (χ4n) is 3.05. The monoisotopic (exact) mass is 208 g/mol. The van der Waals surface area contributed by atoms with Crippen LogP contribution in [-0.4, -0.2) is 7.85 Å². The molecule has 0 atom stereocenters. The Bertz CT molecular complexity index is 174. The molecule has 0 saturated heterocycles. The lowest BCUT2D eigenvalue weighted by Gasteiger charge is -2.37. The van der Waals surface area contributed by atoms with Crippen molar-refractivity contribution in [3.8, 4) is 0 Å². The van der Waals surface area contributed by atoms with Crippen molar-refractivity contribution in [2.24, 2.45) is 17.8 Å². The Labute approximate surface area is 97.6 Å². The van der Waals surface area contributed by atoms with Gasteiger partial charge in [0.15, 0.2) is 0 Å². The van der Waals surface area contributed by atoms with Crippen LogP contribution in [0.1, 0.15) is 66.2 Å². The van der Waals surface area contributed by atoms with Gasteiger partial charge in [-0.05, 0) is 17.8 Å². The third-order valence-corrected chi connectivity index (χ3v) is 4.98. The highest BCUT2D eigenvalue weighted by molar-refractivity contribution is 6.15. The molecule has 0 aromatic carbocycles. The van der Waals surface area contributed by atoms with Crippen molar-refractivity contribution >= 4 is 7.85 Å². The maximum absolute atomic E-state index is 2.51. The molecule has 0 radical (unpaired) electrons. The van der Waals surface area contributed by atoms with Crippen LogP contribution in [0.25, 0.3) is 0 Å². The minimum Gasteiger partial charge on any atom is -0.0629 e. The Balaban J connectivity index is 2.50. The topological polar surface area (TPSA) is 0 Å². The highest BCUT2D eigenvalue weighted by atomic mass is 14.3. The molecular weight excluding hydrogens is 179 g/mol. The lowest BCUT2D eigenvalue weighted by atomic mass is 9.55. The van der Waals surface area contributed by atoms with E-state index < -0.39 is 0 Å². The second-order valence-corrected chi connectivity index (χ2v) is 6.60. The van der Waals surface area contributed by atoms with Gasteiger partial charge in [0.25, 0.3) is 0 Å². The van der Waals surface area contributed by atoms with Crippen molar-refractivity contribution in [1.82, 2.24) is 0 Å². The molecule has 88 valence electrons. The Morgan fingerprint density at radius 1 is 1.00 bits per heavy atom. The first-order valence-corrected chi connectivity index (χ1v) is 6.96. The van der Waals surface area contributed by atoms with Gasteiger partial charge < -0.3 is 0 Å². The summed E-state index contributed by atoms with van der Waals surface area (Å²) in [6, 6.07) is 0. The van der Waals surface area contributed by atoms with Crippen LogP contribution in [-0.2, 0) is 0 Å². The van der Waals surface area contributed by atoms with E-state index in [9.17, 15) is 0 Å². The van der Waals surface area contributed by atoms with Gasteiger partial charge in [-0.15, -0.1) is 0 Å². The van der Waals surface area contributed by atoms with E-state index in [0.717, 1.165) is 17.8 Å². The van der Waals surface area contributed by atoms with Gasteiger partial charge in [-0.25, -0.2) is 0 Å². The van der Waals surface area contributed by atoms with Crippen LogP contribution >= 0.6 is 0 Å².